The van der Waals surface area contributed by atoms with E-state index in [9.17, 15) is 14.4 Å². The van der Waals surface area contributed by atoms with Crippen molar-refractivity contribution in [3.8, 4) is 5.75 Å². The molecule has 10 heteroatoms. The van der Waals surface area contributed by atoms with Gasteiger partial charge in [0.1, 0.15) is 6.17 Å². The SMILES string of the molecule is COC(=O)OCOc1c2n(ccc1=O)N([C@H]1c3ccccc3SC3(c4ccccc4)CCCCC13)[C@@H]1CCCCN1C2=O. The van der Waals surface area contributed by atoms with Crippen LogP contribution in [0.3, 0.4) is 0 Å². The minimum atomic E-state index is -0.931. The summed E-state index contributed by atoms with van der Waals surface area (Å²) in [5, 5.41) is 2.36. The van der Waals surface area contributed by atoms with Gasteiger partial charge in [0.2, 0.25) is 18.0 Å². The third kappa shape index (κ3) is 4.58. The Balaban J connectivity index is 1.42. The number of carbonyl (C=O) groups is 2. The molecular weight excluding hydrogens is 566 g/mol. The lowest BCUT2D eigenvalue weighted by Gasteiger charge is -2.58. The van der Waals surface area contributed by atoms with Crippen LogP contribution in [-0.4, -0.2) is 48.3 Å². The lowest BCUT2D eigenvalue weighted by Crippen LogP contribution is -2.65. The fourth-order valence-corrected chi connectivity index (χ4v) is 9.41. The molecule has 43 heavy (non-hydrogen) atoms. The third-order valence-electron chi connectivity index (χ3n) is 9.44. The number of methoxy groups -OCH3 is 1. The molecule has 1 amide bonds. The molecule has 224 valence electrons. The number of pyridine rings is 1. The average molecular weight is 602 g/mol. The van der Waals surface area contributed by atoms with Gasteiger partial charge in [-0.15, -0.1) is 11.8 Å². The van der Waals surface area contributed by atoms with E-state index in [1.165, 1.54) is 29.2 Å². The Bertz CT molecular complexity index is 1590. The second kappa shape index (κ2) is 11.3. The number of amides is 1. The fraction of sp³-hybridized carbons (Fsp3) is 0.424. The Morgan fingerprint density at radius 2 is 1.77 bits per heavy atom. The summed E-state index contributed by atoms with van der Waals surface area (Å²) < 4.78 is 16.9. The number of hydrogen-bond acceptors (Lipinski definition) is 8. The monoisotopic (exact) mass is 601 g/mol. The maximum absolute atomic E-state index is 14.1. The number of hydrogen-bond donors (Lipinski definition) is 0. The quantitative estimate of drug-likeness (QED) is 0.268. The van der Waals surface area contributed by atoms with Crippen LogP contribution < -0.4 is 15.2 Å². The van der Waals surface area contributed by atoms with Crippen LogP contribution in [0.25, 0.3) is 0 Å². The normalized spacial score (nSPS) is 26.0. The zero-order valence-electron chi connectivity index (χ0n) is 24.1. The molecule has 1 saturated carbocycles. The molecule has 1 aliphatic carbocycles. The Kier molecular flexibility index (Phi) is 7.33. The van der Waals surface area contributed by atoms with Crippen molar-refractivity contribution in [2.75, 3.05) is 25.5 Å². The summed E-state index contributed by atoms with van der Waals surface area (Å²) in [5.74, 6) is -0.121. The van der Waals surface area contributed by atoms with Crippen molar-refractivity contribution in [2.24, 2.45) is 5.92 Å². The maximum atomic E-state index is 14.1. The standard InChI is InChI=1S/C33H35N3O6S/c1-40-32(39)42-21-41-30-25(37)17-20-35-29(30)31(38)34-19-10-8-16-27(34)36(35)28-23-13-5-6-15-26(23)43-33(18-9-7-14-24(28)33)22-11-3-2-4-12-22/h2-6,11-13,15,17,20,24,27-28H,7-10,14,16,18-19,21H2,1H3/t24?,27-,28+,33?/m1/s1. The number of benzene rings is 2. The molecular formula is C33H35N3O6S. The van der Waals surface area contributed by atoms with Crippen molar-refractivity contribution in [3.63, 3.8) is 0 Å². The van der Waals surface area contributed by atoms with E-state index in [1.54, 1.807) is 6.20 Å². The highest BCUT2D eigenvalue weighted by molar-refractivity contribution is 8.00. The first-order valence-corrected chi connectivity index (χ1v) is 15.9. The first kappa shape index (κ1) is 27.9. The molecule has 0 N–H and O–H groups in total. The molecule has 0 bridgehead atoms. The predicted octanol–water partition coefficient (Wildman–Crippen LogP) is 5.80. The maximum Gasteiger partial charge on any atom is 0.510 e. The minimum Gasteiger partial charge on any atom is -0.451 e. The van der Waals surface area contributed by atoms with Crippen molar-refractivity contribution >= 4 is 23.8 Å². The average Bonchev–Trinajstić information content (AvgIpc) is 3.05. The number of rotatable bonds is 5. The van der Waals surface area contributed by atoms with E-state index in [0.29, 0.717) is 6.54 Å². The van der Waals surface area contributed by atoms with Crippen molar-refractivity contribution in [1.29, 1.82) is 0 Å². The van der Waals surface area contributed by atoms with Crippen LogP contribution in [-0.2, 0) is 14.2 Å². The number of ether oxygens (including phenoxy) is 3. The number of nitrogens with zero attached hydrogens (tertiary/aromatic N) is 3. The number of fused-ring (bicyclic) bond motifs is 4. The molecule has 0 spiro atoms. The van der Waals surface area contributed by atoms with Gasteiger partial charge in [0, 0.05) is 29.6 Å². The van der Waals surface area contributed by atoms with Gasteiger partial charge in [-0.25, -0.2) is 4.79 Å². The summed E-state index contributed by atoms with van der Waals surface area (Å²) in [6, 6.07) is 20.9. The van der Waals surface area contributed by atoms with Gasteiger partial charge in [-0.2, -0.15) is 0 Å². The zero-order chi connectivity index (χ0) is 29.6. The van der Waals surface area contributed by atoms with E-state index in [0.717, 1.165) is 44.9 Å². The molecule has 2 unspecified atom stereocenters. The van der Waals surface area contributed by atoms with E-state index in [2.05, 4.69) is 64.3 Å². The largest absolute Gasteiger partial charge is 0.510 e. The van der Waals surface area contributed by atoms with Crippen LogP contribution in [0, 0.1) is 5.92 Å². The summed E-state index contributed by atoms with van der Waals surface area (Å²) in [6.07, 6.45) is 7.74. The van der Waals surface area contributed by atoms with E-state index in [-0.39, 0.29) is 40.2 Å². The van der Waals surface area contributed by atoms with Gasteiger partial charge in [0.25, 0.3) is 5.91 Å². The lowest BCUT2D eigenvalue weighted by molar-refractivity contribution is 0.0120. The highest BCUT2D eigenvalue weighted by Crippen LogP contribution is 2.63. The third-order valence-corrected chi connectivity index (χ3v) is 11.1. The number of aromatic nitrogens is 1. The second-order valence-corrected chi connectivity index (χ2v) is 13.0. The Labute approximate surface area is 254 Å². The summed E-state index contributed by atoms with van der Waals surface area (Å²) >= 11 is 1.99. The van der Waals surface area contributed by atoms with Crippen LogP contribution in [0.1, 0.15) is 72.6 Å². The van der Waals surface area contributed by atoms with E-state index in [4.69, 9.17) is 9.47 Å². The molecule has 3 aliphatic heterocycles. The highest BCUT2D eigenvalue weighted by atomic mass is 32.2. The van der Waals surface area contributed by atoms with Gasteiger partial charge in [-0.1, -0.05) is 61.4 Å². The number of thioether (sulfide) groups is 1. The van der Waals surface area contributed by atoms with Crippen LogP contribution in [0.2, 0.25) is 0 Å². The molecule has 0 radical (unpaired) electrons. The number of piperidine rings is 1. The summed E-state index contributed by atoms with van der Waals surface area (Å²) in [6.45, 7) is 0.0527. The van der Waals surface area contributed by atoms with Crippen LogP contribution >= 0.6 is 11.8 Å². The van der Waals surface area contributed by atoms with Gasteiger partial charge in [-0.3, -0.25) is 19.3 Å². The molecule has 9 nitrogen and oxygen atoms in total. The summed E-state index contributed by atoms with van der Waals surface area (Å²) in [4.78, 5) is 42.1. The first-order chi connectivity index (χ1) is 21.0. The molecule has 2 aromatic carbocycles. The zero-order valence-corrected chi connectivity index (χ0v) is 25.0. The van der Waals surface area contributed by atoms with Crippen molar-refractivity contribution in [1.82, 2.24) is 9.58 Å². The van der Waals surface area contributed by atoms with E-state index >= 15 is 0 Å². The van der Waals surface area contributed by atoms with Crippen LogP contribution in [0.4, 0.5) is 4.79 Å². The van der Waals surface area contributed by atoms with E-state index < -0.39 is 18.4 Å². The van der Waals surface area contributed by atoms with Gasteiger partial charge in [-0.05, 0) is 49.3 Å². The molecule has 1 aromatic heterocycles. The summed E-state index contributed by atoms with van der Waals surface area (Å²) in [7, 11) is 1.19. The summed E-state index contributed by atoms with van der Waals surface area (Å²) in [5.41, 5.74) is 2.30. The second-order valence-electron chi connectivity index (χ2n) is 11.6. The first-order valence-electron chi connectivity index (χ1n) is 15.1. The van der Waals surface area contributed by atoms with Gasteiger partial charge in [0.05, 0.1) is 17.9 Å². The molecule has 2 fully saturated rings. The molecule has 4 atom stereocenters. The number of carbonyl (C=O) groups excluding carboxylic acids is 2. The lowest BCUT2D eigenvalue weighted by atomic mass is 9.69. The Morgan fingerprint density at radius 3 is 2.60 bits per heavy atom. The van der Waals surface area contributed by atoms with Gasteiger partial charge >= 0.3 is 6.16 Å². The van der Waals surface area contributed by atoms with Gasteiger partial charge < -0.3 is 19.1 Å². The van der Waals surface area contributed by atoms with Gasteiger partial charge in [0.15, 0.2) is 5.69 Å². The Hall–Kier alpha value is -3.92. The smallest absolute Gasteiger partial charge is 0.451 e. The van der Waals surface area contributed by atoms with Crippen LogP contribution in [0.5, 0.6) is 5.75 Å². The van der Waals surface area contributed by atoms with Crippen molar-refractivity contribution < 1.29 is 23.8 Å². The Morgan fingerprint density at radius 1 is 0.977 bits per heavy atom. The fourth-order valence-electron chi connectivity index (χ4n) is 7.66. The molecule has 4 heterocycles. The molecule has 7 rings (SSSR count). The minimum absolute atomic E-state index is 0.0583. The van der Waals surface area contributed by atoms with E-state index in [1.807, 2.05) is 21.3 Å². The topological polar surface area (TPSA) is 90.3 Å². The molecule has 4 aliphatic rings. The van der Waals surface area contributed by atoms with Crippen molar-refractivity contribution in [2.45, 2.75) is 66.8 Å². The highest BCUT2D eigenvalue weighted by Gasteiger charge is 2.55. The predicted molar refractivity (Wildman–Crippen MR) is 162 cm³/mol. The van der Waals surface area contributed by atoms with Crippen LogP contribution in [0.15, 0.2) is 76.6 Å². The van der Waals surface area contributed by atoms with Crippen molar-refractivity contribution in [3.05, 3.63) is 93.9 Å². The molecule has 3 aromatic rings. The molecule has 1 saturated heterocycles.